The van der Waals surface area contributed by atoms with Crippen LogP contribution in [0.4, 0.5) is 0 Å². The van der Waals surface area contributed by atoms with Crippen molar-refractivity contribution in [2.45, 2.75) is 43.4 Å². The van der Waals surface area contributed by atoms with Gasteiger partial charge in [-0.25, -0.2) is 8.42 Å². The van der Waals surface area contributed by atoms with E-state index < -0.39 is 21.5 Å². The molecule has 5 nitrogen and oxygen atoms in total. The van der Waals surface area contributed by atoms with Crippen molar-refractivity contribution in [1.82, 2.24) is 4.31 Å². The molecule has 19 heavy (non-hydrogen) atoms. The second-order valence-electron chi connectivity index (χ2n) is 4.93. The van der Waals surface area contributed by atoms with Crippen LogP contribution in [0.3, 0.4) is 0 Å². The van der Waals surface area contributed by atoms with Gasteiger partial charge in [-0.05, 0) is 32.4 Å². The van der Waals surface area contributed by atoms with E-state index in [2.05, 4.69) is 0 Å². The van der Waals surface area contributed by atoms with E-state index in [0.29, 0.717) is 11.3 Å². The largest absolute Gasteiger partial charge is 0.481 e. The molecule has 108 valence electrons. The zero-order valence-electron chi connectivity index (χ0n) is 11.5. The highest BCUT2D eigenvalue weighted by molar-refractivity contribution is 7.91. The van der Waals surface area contributed by atoms with Gasteiger partial charge in [0.25, 0.3) is 10.0 Å². The number of nitrogens with zero attached hydrogens (tertiary/aromatic N) is 1. The maximum absolute atomic E-state index is 12.4. The molecule has 0 unspecified atom stereocenters. The number of carboxylic acids is 1. The molecule has 0 aliphatic carbocycles. The molecular weight excluding hydrogens is 286 g/mol. The SMILES string of the molecule is CCC(C)(C)N(C)S(=O)(=O)c1ccc(CC(=O)O)s1. The van der Waals surface area contributed by atoms with Gasteiger partial charge in [0, 0.05) is 17.5 Å². The van der Waals surface area contributed by atoms with Crippen LogP contribution in [0, 0.1) is 0 Å². The van der Waals surface area contributed by atoms with Crippen LogP contribution in [0.5, 0.6) is 0 Å². The minimum atomic E-state index is -3.56. The average molecular weight is 305 g/mol. The van der Waals surface area contributed by atoms with Crippen LogP contribution in [0.25, 0.3) is 0 Å². The number of aliphatic carboxylic acids is 1. The minimum Gasteiger partial charge on any atom is -0.481 e. The summed E-state index contributed by atoms with van der Waals surface area (Å²) in [6.45, 7) is 5.64. The van der Waals surface area contributed by atoms with Crippen molar-refractivity contribution < 1.29 is 18.3 Å². The molecule has 0 bridgehead atoms. The van der Waals surface area contributed by atoms with E-state index in [1.54, 1.807) is 13.1 Å². The van der Waals surface area contributed by atoms with E-state index in [1.807, 2.05) is 20.8 Å². The lowest BCUT2D eigenvalue weighted by Gasteiger charge is -2.33. The first kappa shape index (κ1) is 16.1. The standard InChI is InChI=1S/C12H19NO4S2/c1-5-12(2,3)13(4)19(16,17)11-7-6-9(18-11)8-10(14)15/h6-7H,5,8H2,1-4H3,(H,14,15). The van der Waals surface area contributed by atoms with E-state index >= 15 is 0 Å². The molecule has 0 radical (unpaired) electrons. The fourth-order valence-electron chi connectivity index (χ4n) is 1.42. The number of hydrogen-bond acceptors (Lipinski definition) is 4. The molecule has 0 saturated carbocycles. The fourth-order valence-corrected chi connectivity index (χ4v) is 4.52. The number of sulfonamides is 1. The zero-order valence-corrected chi connectivity index (χ0v) is 13.1. The van der Waals surface area contributed by atoms with E-state index in [1.165, 1.54) is 10.4 Å². The second kappa shape index (κ2) is 5.60. The van der Waals surface area contributed by atoms with Gasteiger partial charge in [0.2, 0.25) is 0 Å². The summed E-state index contributed by atoms with van der Waals surface area (Å²) >= 11 is 1.01. The Balaban J connectivity index is 3.07. The van der Waals surface area contributed by atoms with Crippen LogP contribution in [-0.4, -0.2) is 36.4 Å². The molecular formula is C12H19NO4S2. The van der Waals surface area contributed by atoms with Crippen LogP contribution in [0.15, 0.2) is 16.3 Å². The van der Waals surface area contributed by atoms with Gasteiger partial charge >= 0.3 is 5.97 Å². The second-order valence-corrected chi connectivity index (χ2v) is 8.29. The zero-order chi connectivity index (χ0) is 14.8. The van der Waals surface area contributed by atoms with Crippen molar-refractivity contribution >= 4 is 27.3 Å². The normalized spacial score (nSPS) is 12.9. The van der Waals surface area contributed by atoms with E-state index in [0.717, 1.165) is 11.3 Å². The molecule has 0 amide bonds. The summed E-state index contributed by atoms with van der Waals surface area (Å²) in [6, 6.07) is 3.03. The number of thiophene rings is 1. The Morgan fingerprint density at radius 3 is 2.47 bits per heavy atom. The first-order valence-corrected chi connectivity index (χ1v) is 8.16. The maximum atomic E-state index is 12.4. The predicted molar refractivity (Wildman–Crippen MR) is 75.0 cm³/mol. The summed E-state index contributed by atoms with van der Waals surface area (Å²) in [5.41, 5.74) is -0.476. The van der Waals surface area contributed by atoms with E-state index in [9.17, 15) is 13.2 Å². The van der Waals surface area contributed by atoms with Crippen molar-refractivity contribution in [3.8, 4) is 0 Å². The maximum Gasteiger partial charge on any atom is 0.308 e. The van der Waals surface area contributed by atoms with Crippen LogP contribution < -0.4 is 0 Å². The van der Waals surface area contributed by atoms with Gasteiger partial charge in [0.05, 0.1) is 6.42 Å². The third-order valence-corrected chi connectivity index (χ3v) is 6.92. The molecule has 1 aromatic rings. The Bertz CT molecular complexity index is 560. The summed E-state index contributed by atoms with van der Waals surface area (Å²) in [5.74, 6) is -0.965. The Morgan fingerprint density at radius 2 is 2.00 bits per heavy atom. The molecule has 1 N–H and O–H groups in total. The molecule has 0 aliphatic rings. The number of carboxylic acid groups (broad SMARTS) is 1. The highest BCUT2D eigenvalue weighted by Crippen LogP contribution is 2.29. The third-order valence-electron chi connectivity index (χ3n) is 3.29. The van der Waals surface area contributed by atoms with Crippen LogP contribution >= 0.6 is 11.3 Å². The van der Waals surface area contributed by atoms with Crippen LogP contribution in [0.1, 0.15) is 32.1 Å². The van der Waals surface area contributed by atoms with Gasteiger partial charge in [-0.15, -0.1) is 11.3 Å². The van der Waals surface area contributed by atoms with Crippen molar-refractivity contribution in [2.75, 3.05) is 7.05 Å². The predicted octanol–water partition coefficient (Wildman–Crippen LogP) is 2.18. The van der Waals surface area contributed by atoms with Crippen molar-refractivity contribution in [3.63, 3.8) is 0 Å². The Kier molecular flexibility index (Phi) is 4.76. The quantitative estimate of drug-likeness (QED) is 0.874. The molecule has 0 aromatic carbocycles. The van der Waals surface area contributed by atoms with Gasteiger partial charge in [0.15, 0.2) is 0 Å². The van der Waals surface area contributed by atoms with E-state index in [4.69, 9.17) is 5.11 Å². The Morgan fingerprint density at radius 1 is 1.42 bits per heavy atom. The topological polar surface area (TPSA) is 74.7 Å². The summed E-state index contributed by atoms with van der Waals surface area (Å²) < 4.78 is 26.4. The number of carbonyl (C=O) groups is 1. The van der Waals surface area contributed by atoms with E-state index in [-0.39, 0.29) is 10.6 Å². The Labute approximate surface area is 117 Å². The highest BCUT2D eigenvalue weighted by Gasteiger charge is 2.33. The smallest absolute Gasteiger partial charge is 0.308 e. The lowest BCUT2D eigenvalue weighted by atomic mass is 10.0. The van der Waals surface area contributed by atoms with Gasteiger partial charge in [-0.2, -0.15) is 4.31 Å². The molecule has 0 saturated heterocycles. The van der Waals surface area contributed by atoms with Crippen molar-refractivity contribution in [3.05, 3.63) is 17.0 Å². The van der Waals surface area contributed by atoms with Crippen molar-refractivity contribution in [1.29, 1.82) is 0 Å². The molecule has 0 atom stereocenters. The molecule has 1 heterocycles. The van der Waals surface area contributed by atoms with Crippen LogP contribution in [-0.2, 0) is 21.2 Å². The minimum absolute atomic E-state index is 0.152. The Hall–Kier alpha value is -0.920. The van der Waals surface area contributed by atoms with Crippen molar-refractivity contribution in [2.24, 2.45) is 0 Å². The molecule has 0 spiro atoms. The summed E-state index contributed by atoms with van der Waals surface area (Å²) in [5, 5.41) is 8.70. The first-order chi connectivity index (χ1) is 8.61. The monoisotopic (exact) mass is 305 g/mol. The summed E-state index contributed by atoms with van der Waals surface area (Å²) in [4.78, 5) is 11.1. The molecule has 0 aliphatic heterocycles. The van der Waals surface area contributed by atoms with Crippen LogP contribution in [0.2, 0.25) is 0 Å². The highest BCUT2D eigenvalue weighted by atomic mass is 32.2. The average Bonchev–Trinajstić information content (AvgIpc) is 2.76. The lowest BCUT2D eigenvalue weighted by Crippen LogP contribution is -2.44. The van der Waals surface area contributed by atoms with Gasteiger partial charge < -0.3 is 5.11 Å². The summed E-state index contributed by atoms with van der Waals surface area (Å²) in [6.07, 6.45) is 0.539. The molecule has 0 fully saturated rings. The van der Waals surface area contributed by atoms with Gasteiger partial charge in [-0.1, -0.05) is 6.92 Å². The number of hydrogen-bond donors (Lipinski definition) is 1. The third kappa shape index (κ3) is 3.55. The van der Waals surface area contributed by atoms with Gasteiger partial charge in [0.1, 0.15) is 4.21 Å². The molecule has 7 heteroatoms. The number of rotatable bonds is 6. The fraction of sp³-hybridized carbons (Fsp3) is 0.583. The van der Waals surface area contributed by atoms with Gasteiger partial charge in [-0.3, -0.25) is 4.79 Å². The summed E-state index contributed by atoms with van der Waals surface area (Å²) in [7, 11) is -2.01. The molecule has 1 aromatic heterocycles. The first-order valence-electron chi connectivity index (χ1n) is 5.91. The lowest BCUT2D eigenvalue weighted by molar-refractivity contribution is -0.136. The molecule has 1 rings (SSSR count).